The number of fused-ring (bicyclic) bond motifs is 1. The Morgan fingerprint density at radius 1 is 1.11 bits per heavy atom. The van der Waals surface area contributed by atoms with Crippen LogP contribution in [0.1, 0.15) is 30.0 Å². The highest BCUT2D eigenvalue weighted by Gasteiger charge is 2.43. The number of esters is 1. The number of benzene rings is 2. The number of hydrogen-bond donors (Lipinski definition) is 2. The average molecular weight is 364 g/mol. The highest BCUT2D eigenvalue weighted by Crippen LogP contribution is 2.41. The molecule has 0 aliphatic carbocycles. The third-order valence-electron chi connectivity index (χ3n) is 5.39. The van der Waals surface area contributed by atoms with Crippen molar-refractivity contribution in [3.8, 4) is 5.75 Å². The molecule has 3 aromatic rings. The first-order chi connectivity index (χ1) is 13.2. The summed E-state index contributed by atoms with van der Waals surface area (Å²) in [5.74, 6) is 0.438. The number of hydrogen-bond acceptors (Lipinski definition) is 4. The second kappa shape index (κ2) is 7.45. The minimum absolute atomic E-state index is 0.0591. The fourth-order valence-electron chi connectivity index (χ4n) is 4.04. The van der Waals surface area contributed by atoms with Crippen molar-refractivity contribution >= 4 is 16.9 Å². The van der Waals surface area contributed by atoms with Crippen molar-refractivity contribution in [3.63, 3.8) is 0 Å². The van der Waals surface area contributed by atoms with Crippen LogP contribution in [0.3, 0.4) is 0 Å². The Balaban J connectivity index is 1.69. The maximum Gasteiger partial charge on any atom is 0.311 e. The molecule has 27 heavy (non-hydrogen) atoms. The van der Waals surface area contributed by atoms with Gasteiger partial charge in [0.2, 0.25) is 0 Å². The molecule has 140 valence electrons. The zero-order chi connectivity index (χ0) is 18.8. The molecule has 1 aromatic heterocycles. The fraction of sp³-hybridized carbons (Fsp3) is 0.318. The number of H-pyrrole nitrogens is 1. The Kier molecular flexibility index (Phi) is 4.86. The molecule has 0 amide bonds. The van der Waals surface area contributed by atoms with E-state index in [0.717, 1.165) is 28.9 Å². The first-order valence-corrected chi connectivity index (χ1v) is 9.32. The summed E-state index contributed by atoms with van der Waals surface area (Å²) in [4.78, 5) is 16.1. The number of aromatic nitrogens is 1. The van der Waals surface area contributed by atoms with Gasteiger partial charge in [-0.2, -0.15) is 0 Å². The van der Waals surface area contributed by atoms with Crippen LogP contribution in [0.2, 0.25) is 0 Å². The van der Waals surface area contributed by atoms with Crippen LogP contribution < -0.4 is 10.1 Å². The van der Waals surface area contributed by atoms with Crippen molar-refractivity contribution in [2.24, 2.45) is 5.92 Å². The standard InChI is InChI=1S/C22H24N2O3/c1-3-27-22(25)20-18(16-5-4-14-10-11-23-19(14)12-16)13-24-21(20)15-6-8-17(26-2)9-7-15/h4-12,18,20-21,23-24H,3,13H2,1-2H3/t18-,20-,21+/m1/s1. The molecule has 4 rings (SSSR count). The van der Waals surface area contributed by atoms with E-state index in [2.05, 4.69) is 34.6 Å². The molecular weight excluding hydrogens is 340 g/mol. The van der Waals surface area contributed by atoms with E-state index in [1.54, 1.807) is 7.11 Å². The summed E-state index contributed by atoms with van der Waals surface area (Å²) in [7, 11) is 1.65. The van der Waals surface area contributed by atoms with Gasteiger partial charge in [0.25, 0.3) is 0 Å². The molecule has 5 nitrogen and oxygen atoms in total. The molecule has 1 fully saturated rings. The normalized spacial score (nSPS) is 22.1. The van der Waals surface area contributed by atoms with Crippen molar-refractivity contribution in [1.29, 1.82) is 0 Å². The van der Waals surface area contributed by atoms with Crippen LogP contribution in [-0.4, -0.2) is 31.2 Å². The quantitative estimate of drug-likeness (QED) is 0.676. The minimum Gasteiger partial charge on any atom is -0.497 e. The lowest BCUT2D eigenvalue weighted by molar-refractivity contribution is -0.148. The second-order valence-electron chi connectivity index (χ2n) is 6.87. The minimum atomic E-state index is -0.272. The van der Waals surface area contributed by atoms with Crippen molar-refractivity contribution in [3.05, 3.63) is 65.9 Å². The number of methoxy groups -OCH3 is 1. The van der Waals surface area contributed by atoms with Crippen LogP contribution >= 0.6 is 0 Å². The molecule has 2 heterocycles. The first kappa shape index (κ1) is 17.6. The molecule has 1 aliphatic rings. The van der Waals surface area contributed by atoms with E-state index in [0.29, 0.717) is 6.61 Å². The lowest BCUT2D eigenvalue weighted by Crippen LogP contribution is -2.27. The predicted octanol–water partition coefficient (Wildman–Crippen LogP) is 3.78. The average Bonchev–Trinajstić information content (AvgIpc) is 3.34. The first-order valence-electron chi connectivity index (χ1n) is 9.32. The third kappa shape index (κ3) is 3.30. The SMILES string of the molecule is CCOC(=O)[C@@H]1[C@@H](c2ccc3cc[nH]c3c2)CN[C@H]1c1ccc(OC)cc1. The topological polar surface area (TPSA) is 63.4 Å². The van der Waals surface area contributed by atoms with Crippen LogP contribution in [0.4, 0.5) is 0 Å². The van der Waals surface area contributed by atoms with Crippen molar-refractivity contribution in [2.75, 3.05) is 20.3 Å². The maximum atomic E-state index is 12.9. The van der Waals surface area contributed by atoms with E-state index in [9.17, 15) is 4.79 Å². The fourth-order valence-corrected chi connectivity index (χ4v) is 4.04. The molecular formula is C22H24N2O3. The molecule has 0 bridgehead atoms. The van der Waals surface area contributed by atoms with Gasteiger partial charge in [0.15, 0.2) is 0 Å². The molecule has 0 unspecified atom stereocenters. The van der Waals surface area contributed by atoms with Gasteiger partial charge in [-0.1, -0.05) is 24.3 Å². The number of carbonyl (C=O) groups is 1. The Morgan fingerprint density at radius 2 is 1.89 bits per heavy atom. The van der Waals surface area contributed by atoms with Crippen molar-refractivity contribution in [2.45, 2.75) is 18.9 Å². The summed E-state index contributed by atoms with van der Waals surface area (Å²) in [6.07, 6.45) is 1.93. The van der Waals surface area contributed by atoms with Gasteiger partial charge >= 0.3 is 5.97 Å². The van der Waals surface area contributed by atoms with Gasteiger partial charge in [-0.15, -0.1) is 0 Å². The van der Waals surface area contributed by atoms with Gasteiger partial charge in [0.05, 0.1) is 19.6 Å². The number of rotatable bonds is 5. The maximum absolute atomic E-state index is 12.9. The smallest absolute Gasteiger partial charge is 0.311 e. The van der Waals surface area contributed by atoms with E-state index >= 15 is 0 Å². The van der Waals surface area contributed by atoms with Gasteiger partial charge in [-0.05, 0) is 47.7 Å². The van der Waals surface area contributed by atoms with E-state index in [1.807, 2.05) is 37.4 Å². The van der Waals surface area contributed by atoms with E-state index in [-0.39, 0.29) is 23.8 Å². The Morgan fingerprint density at radius 3 is 2.63 bits per heavy atom. The van der Waals surface area contributed by atoms with E-state index in [4.69, 9.17) is 9.47 Å². The Bertz CT molecular complexity index is 932. The lowest BCUT2D eigenvalue weighted by atomic mass is 9.82. The van der Waals surface area contributed by atoms with Crippen LogP contribution in [0.5, 0.6) is 5.75 Å². The Hall–Kier alpha value is -2.79. The van der Waals surface area contributed by atoms with Crippen molar-refractivity contribution < 1.29 is 14.3 Å². The zero-order valence-corrected chi connectivity index (χ0v) is 15.6. The second-order valence-corrected chi connectivity index (χ2v) is 6.87. The summed E-state index contributed by atoms with van der Waals surface area (Å²) >= 11 is 0. The third-order valence-corrected chi connectivity index (χ3v) is 5.39. The highest BCUT2D eigenvalue weighted by molar-refractivity contribution is 5.81. The summed E-state index contributed by atoms with van der Waals surface area (Å²) in [6.45, 7) is 2.96. The summed E-state index contributed by atoms with van der Waals surface area (Å²) in [5.41, 5.74) is 3.30. The summed E-state index contributed by atoms with van der Waals surface area (Å²) in [6, 6.07) is 16.2. The summed E-state index contributed by atoms with van der Waals surface area (Å²) < 4.78 is 10.7. The van der Waals surface area contributed by atoms with Crippen LogP contribution in [-0.2, 0) is 9.53 Å². The molecule has 2 aromatic carbocycles. The number of aromatic amines is 1. The monoisotopic (exact) mass is 364 g/mol. The molecule has 3 atom stereocenters. The number of ether oxygens (including phenoxy) is 2. The van der Waals surface area contributed by atoms with E-state index < -0.39 is 0 Å². The van der Waals surface area contributed by atoms with Gasteiger partial charge in [-0.25, -0.2) is 0 Å². The van der Waals surface area contributed by atoms with Gasteiger partial charge in [0, 0.05) is 30.2 Å². The van der Waals surface area contributed by atoms with E-state index in [1.165, 1.54) is 5.39 Å². The Labute approximate surface area is 158 Å². The van der Waals surface area contributed by atoms with Crippen LogP contribution in [0, 0.1) is 5.92 Å². The molecule has 5 heteroatoms. The van der Waals surface area contributed by atoms with Gasteiger partial charge in [0.1, 0.15) is 5.75 Å². The molecule has 1 aliphatic heterocycles. The van der Waals surface area contributed by atoms with Crippen LogP contribution in [0.25, 0.3) is 10.9 Å². The highest BCUT2D eigenvalue weighted by atomic mass is 16.5. The number of carbonyl (C=O) groups excluding carboxylic acids is 1. The van der Waals surface area contributed by atoms with Gasteiger partial charge in [-0.3, -0.25) is 4.79 Å². The zero-order valence-electron chi connectivity index (χ0n) is 15.6. The summed E-state index contributed by atoms with van der Waals surface area (Å²) in [5, 5.41) is 4.71. The molecule has 0 spiro atoms. The molecule has 2 N–H and O–H groups in total. The van der Waals surface area contributed by atoms with Crippen LogP contribution in [0.15, 0.2) is 54.7 Å². The molecule has 0 radical (unpaired) electrons. The molecule has 0 saturated carbocycles. The lowest BCUT2D eigenvalue weighted by Gasteiger charge is -2.23. The van der Waals surface area contributed by atoms with Crippen molar-refractivity contribution in [1.82, 2.24) is 10.3 Å². The molecule has 1 saturated heterocycles. The van der Waals surface area contributed by atoms with Gasteiger partial charge < -0.3 is 19.8 Å². The number of nitrogens with one attached hydrogen (secondary N) is 2. The largest absolute Gasteiger partial charge is 0.497 e. The predicted molar refractivity (Wildman–Crippen MR) is 105 cm³/mol.